The standard InChI is InChI=1S/C18H30N2O2/c1-17(2,3)20(16(21)22-18(4,5)6)13-12-19-14-15-10-8-7-9-11-15/h7-11,19H,12-14H2,1-6H3. The van der Waals surface area contributed by atoms with Crippen LogP contribution in [0.2, 0.25) is 0 Å². The SMILES string of the molecule is CC(C)(C)OC(=O)N(CCNCc1ccccc1)C(C)(C)C. The van der Waals surface area contributed by atoms with Gasteiger partial charge in [-0.25, -0.2) is 4.79 Å². The number of nitrogens with zero attached hydrogens (tertiary/aromatic N) is 1. The van der Waals surface area contributed by atoms with Gasteiger partial charge in [0, 0.05) is 25.2 Å². The first-order valence-corrected chi connectivity index (χ1v) is 7.85. The van der Waals surface area contributed by atoms with Crippen molar-refractivity contribution in [2.24, 2.45) is 0 Å². The van der Waals surface area contributed by atoms with Gasteiger partial charge in [-0.05, 0) is 47.1 Å². The molecule has 0 aliphatic carbocycles. The highest BCUT2D eigenvalue weighted by molar-refractivity contribution is 5.69. The molecule has 1 aromatic carbocycles. The van der Waals surface area contributed by atoms with E-state index in [1.54, 1.807) is 4.90 Å². The summed E-state index contributed by atoms with van der Waals surface area (Å²) in [5, 5.41) is 3.37. The minimum absolute atomic E-state index is 0.262. The van der Waals surface area contributed by atoms with Crippen LogP contribution in [-0.4, -0.2) is 35.2 Å². The molecule has 1 rings (SSSR count). The molecule has 1 aromatic rings. The molecule has 0 aromatic heterocycles. The Morgan fingerprint density at radius 1 is 1.09 bits per heavy atom. The van der Waals surface area contributed by atoms with Crippen molar-refractivity contribution in [3.8, 4) is 0 Å². The van der Waals surface area contributed by atoms with Crippen LogP contribution < -0.4 is 5.32 Å². The van der Waals surface area contributed by atoms with Crippen molar-refractivity contribution in [1.29, 1.82) is 0 Å². The maximum Gasteiger partial charge on any atom is 0.410 e. The Bertz CT molecular complexity index is 458. The molecule has 0 aliphatic rings. The summed E-state index contributed by atoms with van der Waals surface area (Å²) in [4.78, 5) is 14.1. The maximum absolute atomic E-state index is 12.3. The van der Waals surface area contributed by atoms with Gasteiger partial charge in [-0.15, -0.1) is 0 Å². The molecule has 0 radical (unpaired) electrons. The zero-order valence-electron chi connectivity index (χ0n) is 14.8. The van der Waals surface area contributed by atoms with E-state index in [-0.39, 0.29) is 11.6 Å². The number of benzene rings is 1. The molecular formula is C18H30N2O2. The Morgan fingerprint density at radius 2 is 1.68 bits per heavy atom. The molecule has 1 amide bonds. The topological polar surface area (TPSA) is 41.6 Å². The molecule has 0 aliphatic heterocycles. The van der Waals surface area contributed by atoms with E-state index in [9.17, 15) is 4.79 Å². The zero-order valence-corrected chi connectivity index (χ0v) is 14.8. The smallest absolute Gasteiger partial charge is 0.410 e. The highest BCUT2D eigenvalue weighted by Crippen LogP contribution is 2.17. The minimum Gasteiger partial charge on any atom is -0.444 e. The fourth-order valence-corrected chi connectivity index (χ4v) is 2.04. The van der Waals surface area contributed by atoms with E-state index in [1.807, 2.05) is 59.7 Å². The number of hydrogen-bond acceptors (Lipinski definition) is 3. The molecule has 0 atom stereocenters. The van der Waals surface area contributed by atoms with Gasteiger partial charge in [0.25, 0.3) is 0 Å². The van der Waals surface area contributed by atoms with Crippen molar-refractivity contribution in [2.75, 3.05) is 13.1 Å². The van der Waals surface area contributed by atoms with Gasteiger partial charge in [-0.1, -0.05) is 30.3 Å². The third-order valence-corrected chi connectivity index (χ3v) is 3.11. The predicted molar refractivity (Wildman–Crippen MR) is 90.8 cm³/mol. The monoisotopic (exact) mass is 306 g/mol. The van der Waals surface area contributed by atoms with Crippen molar-refractivity contribution >= 4 is 6.09 Å². The minimum atomic E-state index is -0.474. The van der Waals surface area contributed by atoms with Gasteiger partial charge in [0.05, 0.1) is 0 Å². The quantitative estimate of drug-likeness (QED) is 0.841. The van der Waals surface area contributed by atoms with Crippen LogP contribution in [-0.2, 0) is 11.3 Å². The van der Waals surface area contributed by atoms with Gasteiger partial charge in [-0.3, -0.25) is 0 Å². The van der Waals surface area contributed by atoms with Crippen molar-refractivity contribution in [1.82, 2.24) is 10.2 Å². The van der Waals surface area contributed by atoms with E-state index in [0.717, 1.165) is 13.1 Å². The number of nitrogens with one attached hydrogen (secondary N) is 1. The fraction of sp³-hybridized carbons (Fsp3) is 0.611. The van der Waals surface area contributed by atoms with Gasteiger partial charge in [-0.2, -0.15) is 0 Å². The van der Waals surface area contributed by atoms with Crippen molar-refractivity contribution < 1.29 is 9.53 Å². The Labute approximate surface area is 134 Å². The average Bonchev–Trinajstić information content (AvgIpc) is 2.36. The summed E-state index contributed by atoms with van der Waals surface area (Å²) in [5.74, 6) is 0. The summed E-state index contributed by atoms with van der Waals surface area (Å²) in [7, 11) is 0. The third kappa shape index (κ3) is 6.94. The predicted octanol–water partition coefficient (Wildman–Crippen LogP) is 3.81. The number of amides is 1. The lowest BCUT2D eigenvalue weighted by atomic mass is 10.1. The molecule has 1 N–H and O–H groups in total. The van der Waals surface area contributed by atoms with Crippen molar-refractivity contribution in [2.45, 2.75) is 59.2 Å². The summed E-state index contributed by atoms with van der Waals surface area (Å²) in [5.41, 5.74) is 0.497. The van der Waals surface area contributed by atoms with Gasteiger partial charge in [0.15, 0.2) is 0 Å². The van der Waals surface area contributed by atoms with E-state index >= 15 is 0 Å². The van der Waals surface area contributed by atoms with Crippen LogP contribution in [0.5, 0.6) is 0 Å². The van der Waals surface area contributed by atoms with E-state index in [2.05, 4.69) is 17.4 Å². The van der Waals surface area contributed by atoms with Gasteiger partial charge in [0.2, 0.25) is 0 Å². The Kier molecular flexibility index (Phi) is 6.42. The number of carbonyl (C=O) groups excluding carboxylic acids is 1. The molecule has 4 nitrogen and oxygen atoms in total. The van der Waals surface area contributed by atoms with Crippen LogP contribution in [0.3, 0.4) is 0 Å². The van der Waals surface area contributed by atoms with Gasteiger partial charge >= 0.3 is 6.09 Å². The lowest BCUT2D eigenvalue weighted by molar-refractivity contribution is 0.00663. The lowest BCUT2D eigenvalue weighted by Crippen LogP contribution is -2.50. The average molecular weight is 306 g/mol. The van der Waals surface area contributed by atoms with Crippen molar-refractivity contribution in [3.05, 3.63) is 35.9 Å². The summed E-state index contributed by atoms with van der Waals surface area (Å²) in [6, 6.07) is 10.2. The second kappa shape index (κ2) is 7.63. The zero-order chi connectivity index (χ0) is 16.8. The van der Waals surface area contributed by atoms with Crippen molar-refractivity contribution in [3.63, 3.8) is 0 Å². The first-order valence-electron chi connectivity index (χ1n) is 7.85. The Morgan fingerprint density at radius 3 is 2.18 bits per heavy atom. The summed E-state index contributed by atoms with van der Waals surface area (Å²) >= 11 is 0. The number of carbonyl (C=O) groups is 1. The first-order chi connectivity index (χ1) is 10.1. The number of rotatable bonds is 5. The largest absolute Gasteiger partial charge is 0.444 e. The number of hydrogen-bond donors (Lipinski definition) is 1. The van der Waals surface area contributed by atoms with E-state index in [4.69, 9.17) is 4.74 Å². The Balaban J connectivity index is 2.50. The van der Waals surface area contributed by atoms with Crippen LogP contribution in [0.25, 0.3) is 0 Å². The summed E-state index contributed by atoms with van der Waals surface area (Å²) in [6.45, 7) is 13.9. The highest BCUT2D eigenvalue weighted by Gasteiger charge is 2.30. The molecule has 0 bridgehead atoms. The number of ether oxygens (including phenoxy) is 1. The van der Waals surface area contributed by atoms with Crippen LogP contribution in [0.15, 0.2) is 30.3 Å². The molecule has 0 unspecified atom stereocenters. The molecule has 0 heterocycles. The molecular weight excluding hydrogens is 276 g/mol. The molecule has 0 fully saturated rings. The van der Waals surface area contributed by atoms with Crippen LogP contribution >= 0.6 is 0 Å². The lowest BCUT2D eigenvalue weighted by Gasteiger charge is -2.36. The van der Waals surface area contributed by atoms with E-state index in [0.29, 0.717) is 6.54 Å². The van der Waals surface area contributed by atoms with Crippen LogP contribution in [0.1, 0.15) is 47.1 Å². The summed E-state index contributed by atoms with van der Waals surface area (Å²) in [6.07, 6.45) is -0.262. The molecule has 0 saturated heterocycles. The third-order valence-electron chi connectivity index (χ3n) is 3.11. The maximum atomic E-state index is 12.3. The molecule has 22 heavy (non-hydrogen) atoms. The Hall–Kier alpha value is -1.55. The second-order valence-corrected chi connectivity index (χ2v) is 7.47. The van der Waals surface area contributed by atoms with E-state index < -0.39 is 5.60 Å². The normalized spacial score (nSPS) is 12.1. The molecule has 0 saturated carbocycles. The molecule has 0 spiro atoms. The summed E-state index contributed by atoms with van der Waals surface area (Å²) < 4.78 is 5.50. The van der Waals surface area contributed by atoms with E-state index in [1.165, 1.54) is 5.56 Å². The van der Waals surface area contributed by atoms with Gasteiger partial charge in [0.1, 0.15) is 5.60 Å². The molecule has 4 heteroatoms. The fourth-order valence-electron chi connectivity index (χ4n) is 2.04. The van der Waals surface area contributed by atoms with Crippen LogP contribution in [0, 0.1) is 0 Å². The van der Waals surface area contributed by atoms with Crippen LogP contribution in [0.4, 0.5) is 4.79 Å². The van der Waals surface area contributed by atoms with Gasteiger partial charge < -0.3 is 15.0 Å². The first kappa shape index (κ1) is 18.5. The second-order valence-electron chi connectivity index (χ2n) is 7.47. The highest BCUT2D eigenvalue weighted by atomic mass is 16.6. The molecule has 124 valence electrons.